The fraction of sp³-hybridized carbons (Fsp3) is 0.400. The Balaban J connectivity index is 1.58. The van der Waals surface area contributed by atoms with Gasteiger partial charge < -0.3 is 19.9 Å². The van der Waals surface area contributed by atoms with Crippen LogP contribution in [0.15, 0.2) is 36.5 Å². The van der Waals surface area contributed by atoms with Gasteiger partial charge in [0.15, 0.2) is 0 Å². The molecule has 4 rings (SSSR count). The molecule has 0 radical (unpaired) electrons. The van der Waals surface area contributed by atoms with Crippen molar-refractivity contribution in [3.05, 3.63) is 42.1 Å². The summed E-state index contributed by atoms with van der Waals surface area (Å²) in [6, 6.07) is 10.4. The van der Waals surface area contributed by atoms with Gasteiger partial charge in [0.2, 0.25) is 5.95 Å². The predicted octanol–water partition coefficient (Wildman–Crippen LogP) is 2.86. The van der Waals surface area contributed by atoms with E-state index in [4.69, 9.17) is 4.74 Å². The first kappa shape index (κ1) is 17.8. The Bertz CT molecular complexity index is 916. The zero-order valence-electron chi connectivity index (χ0n) is 15.9. The Morgan fingerprint density at radius 3 is 2.78 bits per heavy atom. The lowest BCUT2D eigenvalue weighted by molar-refractivity contribution is 0.0366. The molecular weight excluding hydrogens is 340 g/mol. The highest BCUT2D eigenvalue weighted by Gasteiger charge is 2.14. The molecular formula is C20H26N6O. The van der Waals surface area contributed by atoms with Gasteiger partial charge in [0, 0.05) is 45.0 Å². The normalized spacial score (nSPS) is 15.2. The second-order valence-corrected chi connectivity index (χ2v) is 6.84. The number of imidazole rings is 1. The highest BCUT2D eigenvalue weighted by atomic mass is 16.5. The molecule has 3 heterocycles. The summed E-state index contributed by atoms with van der Waals surface area (Å²) in [5.41, 5.74) is 4.23. The van der Waals surface area contributed by atoms with Crippen molar-refractivity contribution in [1.82, 2.24) is 19.4 Å². The number of ether oxygens (including phenoxy) is 1. The fourth-order valence-corrected chi connectivity index (χ4v) is 3.45. The number of aromatic nitrogens is 3. The number of nitrogens with one attached hydrogen (secondary N) is 2. The number of rotatable bonds is 6. The summed E-state index contributed by atoms with van der Waals surface area (Å²) in [6.45, 7) is 7.55. The van der Waals surface area contributed by atoms with Gasteiger partial charge in [-0.1, -0.05) is 12.1 Å². The molecule has 1 fully saturated rings. The van der Waals surface area contributed by atoms with Crippen LogP contribution in [0, 0.1) is 6.92 Å². The smallest absolute Gasteiger partial charge is 0.203 e. The van der Waals surface area contributed by atoms with E-state index in [0.717, 1.165) is 67.9 Å². The lowest BCUT2D eigenvalue weighted by atomic mass is 10.2. The van der Waals surface area contributed by atoms with Crippen LogP contribution in [0.1, 0.15) is 5.56 Å². The summed E-state index contributed by atoms with van der Waals surface area (Å²) in [5, 5.41) is 6.61. The number of aryl methyl sites for hydroxylation is 1. The molecule has 3 aromatic rings. The van der Waals surface area contributed by atoms with Crippen molar-refractivity contribution in [2.75, 3.05) is 50.5 Å². The zero-order chi connectivity index (χ0) is 18.6. The molecule has 0 atom stereocenters. The van der Waals surface area contributed by atoms with Crippen LogP contribution >= 0.6 is 0 Å². The van der Waals surface area contributed by atoms with Crippen LogP contribution in [0.4, 0.5) is 17.5 Å². The predicted molar refractivity (Wildman–Crippen MR) is 109 cm³/mol. The van der Waals surface area contributed by atoms with Crippen molar-refractivity contribution in [3.63, 3.8) is 0 Å². The van der Waals surface area contributed by atoms with E-state index >= 15 is 0 Å². The topological polar surface area (TPSA) is 67.2 Å². The Morgan fingerprint density at radius 1 is 1.15 bits per heavy atom. The highest BCUT2D eigenvalue weighted by molar-refractivity contribution is 5.81. The van der Waals surface area contributed by atoms with Crippen LogP contribution in [0.3, 0.4) is 0 Å². The summed E-state index contributed by atoms with van der Waals surface area (Å²) < 4.78 is 7.67. The van der Waals surface area contributed by atoms with E-state index in [0.29, 0.717) is 0 Å². The average molecular weight is 366 g/mol. The zero-order valence-corrected chi connectivity index (χ0v) is 15.9. The quantitative estimate of drug-likeness (QED) is 0.699. The SMILES string of the molecule is CNc1nc2cnc(Nc3cccc(C)c3)cc2n1CCN1CCOCC1. The number of pyridine rings is 1. The molecule has 142 valence electrons. The van der Waals surface area contributed by atoms with Crippen LogP contribution in [-0.2, 0) is 11.3 Å². The van der Waals surface area contributed by atoms with Crippen molar-refractivity contribution < 1.29 is 4.74 Å². The molecule has 0 spiro atoms. The fourth-order valence-electron chi connectivity index (χ4n) is 3.45. The summed E-state index contributed by atoms with van der Waals surface area (Å²) in [7, 11) is 1.91. The van der Waals surface area contributed by atoms with E-state index in [-0.39, 0.29) is 0 Å². The van der Waals surface area contributed by atoms with Crippen LogP contribution < -0.4 is 10.6 Å². The van der Waals surface area contributed by atoms with Crippen molar-refractivity contribution in [2.24, 2.45) is 0 Å². The van der Waals surface area contributed by atoms with Gasteiger partial charge in [-0.2, -0.15) is 0 Å². The molecule has 0 bridgehead atoms. The highest BCUT2D eigenvalue weighted by Crippen LogP contribution is 2.23. The van der Waals surface area contributed by atoms with Crippen LogP contribution in [-0.4, -0.2) is 59.3 Å². The summed E-state index contributed by atoms with van der Waals surface area (Å²) in [5.74, 6) is 1.69. The van der Waals surface area contributed by atoms with Crippen LogP contribution in [0.5, 0.6) is 0 Å². The van der Waals surface area contributed by atoms with E-state index in [1.165, 1.54) is 5.56 Å². The van der Waals surface area contributed by atoms with Crippen LogP contribution in [0.25, 0.3) is 11.0 Å². The molecule has 7 nitrogen and oxygen atoms in total. The van der Waals surface area contributed by atoms with Crippen molar-refractivity contribution >= 4 is 28.5 Å². The molecule has 1 aromatic carbocycles. The molecule has 1 saturated heterocycles. The van der Waals surface area contributed by atoms with Crippen molar-refractivity contribution in [3.8, 4) is 0 Å². The molecule has 1 aliphatic rings. The molecule has 0 aliphatic carbocycles. The van der Waals surface area contributed by atoms with Gasteiger partial charge >= 0.3 is 0 Å². The van der Waals surface area contributed by atoms with Gasteiger partial charge in [-0.05, 0) is 24.6 Å². The third kappa shape index (κ3) is 4.04. The summed E-state index contributed by atoms with van der Waals surface area (Å²) >= 11 is 0. The Hall–Kier alpha value is -2.64. The Morgan fingerprint density at radius 2 is 2.00 bits per heavy atom. The van der Waals surface area contributed by atoms with Gasteiger partial charge in [-0.15, -0.1) is 0 Å². The molecule has 0 unspecified atom stereocenters. The number of morpholine rings is 1. The third-order valence-electron chi connectivity index (χ3n) is 4.89. The van der Waals surface area contributed by atoms with Gasteiger partial charge in [0.1, 0.15) is 11.3 Å². The van der Waals surface area contributed by atoms with Crippen molar-refractivity contribution in [2.45, 2.75) is 13.5 Å². The average Bonchev–Trinajstić information content (AvgIpc) is 3.04. The van der Waals surface area contributed by atoms with E-state index in [9.17, 15) is 0 Å². The number of fused-ring (bicyclic) bond motifs is 1. The minimum Gasteiger partial charge on any atom is -0.379 e. The number of hydrogen-bond acceptors (Lipinski definition) is 6. The first-order valence-electron chi connectivity index (χ1n) is 9.41. The molecule has 0 saturated carbocycles. The van der Waals surface area contributed by atoms with E-state index < -0.39 is 0 Å². The lowest BCUT2D eigenvalue weighted by Gasteiger charge is -2.26. The van der Waals surface area contributed by atoms with Gasteiger partial charge in [0.25, 0.3) is 0 Å². The number of benzene rings is 1. The number of nitrogens with zero attached hydrogens (tertiary/aromatic N) is 4. The van der Waals surface area contributed by atoms with E-state index in [1.807, 2.05) is 25.4 Å². The van der Waals surface area contributed by atoms with Crippen molar-refractivity contribution in [1.29, 1.82) is 0 Å². The monoisotopic (exact) mass is 366 g/mol. The summed E-state index contributed by atoms with van der Waals surface area (Å²) in [4.78, 5) is 11.6. The minimum atomic E-state index is 0.818. The maximum absolute atomic E-state index is 5.44. The molecule has 27 heavy (non-hydrogen) atoms. The molecule has 0 amide bonds. The van der Waals surface area contributed by atoms with Crippen LogP contribution in [0.2, 0.25) is 0 Å². The largest absolute Gasteiger partial charge is 0.379 e. The molecule has 2 N–H and O–H groups in total. The minimum absolute atomic E-state index is 0.818. The Labute approximate surface area is 159 Å². The van der Waals surface area contributed by atoms with E-state index in [1.54, 1.807) is 0 Å². The molecule has 1 aliphatic heterocycles. The standard InChI is InChI=1S/C20H26N6O/c1-15-4-3-5-16(12-15)23-19-13-18-17(14-22-19)24-20(21-2)26(18)7-6-25-8-10-27-11-9-25/h3-5,12-14H,6-11H2,1-2H3,(H,21,24)(H,22,23). The van der Waals surface area contributed by atoms with Gasteiger partial charge in [0.05, 0.1) is 24.9 Å². The summed E-state index contributed by atoms with van der Waals surface area (Å²) in [6.07, 6.45) is 1.83. The third-order valence-corrected chi connectivity index (χ3v) is 4.89. The molecule has 2 aromatic heterocycles. The lowest BCUT2D eigenvalue weighted by Crippen LogP contribution is -2.38. The maximum Gasteiger partial charge on any atom is 0.203 e. The van der Waals surface area contributed by atoms with E-state index in [2.05, 4.69) is 55.2 Å². The number of anilines is 3. The maximum atomic E-state index is 5.44. The van der Waals surface area contributed by atoms with Gasteiger partial charge in [-0.25, -0.2) is 9.97 Å². The molecule has 7 heteroatoms. The Kier molecular flexibility index (Phi) is 5.22. The first-order chi connectivity index (χ1) is 13.2. The second kappa shape index (κ2) is 7.94. The number of hydrogen-bond donors (Lipinski definition) is 2. The first-order valence-corrected chi connectivity index (χ1v) is 9.41. The second-order valence-electron chi connectivity index (χ2n) is 6.84. The van der Waals surface area contributed by atoms with Gasteiger partial charge in [-0.3, -0.25) is 4.90 Å².